The van der Waals surface area contributed by atoms with Gasteiger partial charge in [-0.15, -0.1) is 0 Å². The van der Waals surface area contributed by atoms with E-state index >= 15 is 0 Å². The minimum Gasteiger partial charge on any atom is -0.374 e. The third kappa shape index (κ3) is 5.14. The van der Waals surface area contributed by atoms with Crippen molar-refractivity contribution in [2.24, 2.45) is 0 Å². The summed E-state index contributed by atoms with van der Waals surface area (Å²) in [5, 5.41) is 13.7. The maximum atomic E-state index is 13.1. The second-order valence-electron chi connectivity index (χ2n) is 5.57. The van der Waals surface area contributed by atoms with E-state index in [2.05, 4.69) is 10.6 Å². The summed E-state index contributed by atoms with van der Waals surface area (Å²) in [5.41, 5.74) is 0.0731. The topological polar surface area (TPSA) is 64.9 Å². The average Bonchev–Trinajstić information content (AvgIpc) is 2.57. The third-order valence-corrected chi connectivity index (χ3v) is 3.79. The van der Waals surface area contributed by atoms with E-state index in [0.29, 0.717) is 5.69 Å². The highest BCUT2D eigenvalue weighted by atomic mass is 35.5. The highest BCUT2D eigenvalue weighted by Gasteiger charge is 2.34. The van der Waals surface area contributed by atoms with Crippen molar-refractivity contribution >= 4 is 28.9 Å². The smallest absolute Gasteiger partial charge is 0.374 e. The number of hydrogen-bond donors (Lipinski definition) is 2. The van der Waals surface area contributed by atoms with Crippen molar-refractivity contribution in [2.75, 3.05) is 10.6 Å². The van der Waals surface area contributed by atoms with E-state index in [1.807, 2.05) is 6.07 Å². The second kappa shape index (κ2) is 8.11. The van der Waals surface area contributed by atoms with Crippen LogP contribution in [0.5, 0.6) is 0 Å². The molecule has 0 aliphatic carbocycles. The predicted octanol–water partition coefficient (Wildman–Crippen LogP) is 4.86. The summed E-state index contributed by atoms with van der Waals surface area (Å²) in [7, 11) is 0. The van der Waals surface area contributed by atoms with E-state index < -0.39 is 23.7 Å². The first-order chi connectivity index (χ1) is 12.2. The SMILES string of the molecule is CC(Nc1ccc(CC#N)cc1)C(=O)Nc1ccc(Cl)cc1C(F)(F)F. The quantitative estimate of drug-likeness (QED) is 0.777. The molecule has 8 heteroatoms. The monoisotopic (exact) mass is 381 g/mol. The molecule has 0 aliphatic heterocycles. The Morgan fingerprint density at radius 2 is 1.88 bits per heavy atom. The van der Waals surface area contributed by atoms with Gasteiger partial charge in [0, 0.05) is 10.7 Å². The molecule has 0 heterocycles. The molecule has 0 saturated carbocycles. The van der Waals surface area contributed by atoms with E-state index in [1.54, 1.807) is 24.3 Å². The Morgan fingerprint density at radius 1 is 1.23 bits per heavy atom. The highest BCUT2D eigenvalue weighted by Crippen LogP contribution is 2.36. The lowest BCUT2D eigenvalue weighted by atomic mass is 10.1. The molecule has 0 fully saturated rings. The highest BCUT2D eigenvalue weighted by molar-refractivity contribution is 6.30. The van der Waals surface area contributed by atoms with Crippen molar-refractivity contribution in [1.29, 1.82) is 5.26 Å². The summed E-state index contributed by atoms with van der Waals surface area (Å²) in [6, 6.07) is 11.3. The Kier molecular flexibility index (Phi) is 6.11. The van der Waals surface area contributed by atoms with E-state index in [1.165, 1.54) is 13.0 Å². The number of anilines is 2. The van der Waals surface area contributed by atoms with Crippen LogP contribution in [0.4, 0.5) is 24.5 Å². The number of hydrogen-bond acceptors (Lipinski definition) is 3. The summed E-state index contributed by atoms with van der Waals surface area (Å²) in [5.74, 6) is -0.626. The fourth-order valence-corrected chi connectivity index (χ4v) is 2.40. The standard InChI is InChI=1S/C18H15ClF3N3O/c1-11(24-14-5-2-12(3-6-14)8-9-23)17(26)25-16-7-4-13(19)10-15(16)18(20,21)22/h2-7,10-11,24H,8H2,1H3,(H,25,26). The summed E-state index contributed by atoms with van der Waals surface area (Å²) >= 11 is 5.62. The molecular formula is C18H15ClF3N3O. The Bertz CT molecular complexity index is 829. The first-order valence-corrected chi connectivity index (χ1v) is 7.98. The molecule has 2 aromatic carbocycles. The van der Waals surface area contributed by atoms with Crippen LogP contribution in [0.3, 0.4) is 0 Å². The number of alkyl halides is 3. The Hall–Kier alpha value is -2.72. The molecule has 4 nitrogen and oxygen atoms in total. The van der Waals surface area contributed by atoms with Crippen LogP contribution in [0, 0.1) is 11.3 Å². The summed E-state index contributed by atoms with van der Waals surface area (Å²) in [6.07, 6.45) is -4.37. The molecule has 0 spiro atoms. The molecule has 1 atom stereocenters. The van der Waals surface area contributed by atoms with Crippen molar-refractivity contribution in [3.8, 4) is 6.07 Å². The Labute approximate surface area is 153 Å². The fourth-order valence-electron chi connectivity index (χ4n) is 2.23. The Balaban J connectivity index is 2.09. The molecule has 2 aromatic rings. The number of amides is 1. The molecule has 1 unspecified atom stereocenters. The van der Waals surface area contributed by atoms with Gasteiger partial charge in [-0.25, -0.2) is 0 Å². The van der Waals surface area contributed by atoms with Crippen molar-refractivity contribution in [3.63, 3.8) is 0 Å². The number of carbonyl (C=O) groups excluding carboxylic acids is 1. The van der Waals surface area contributed by atoms with Gasteiger partial charge in [-0.05, 0) is 42.8 Å². The van der Waals surface area contributed by atoms with Crippen LogP contribution in [0.1, 0.15) is 18.1 Å². The predicted molar refractivity (Wildman–Crippen MR) is 93.9 cm³/mol. The lowest BCUT2D eigenvalue weighted by molar-refractivity contribution is -0.137. The van der Waals surface area contributed by atoms with Gasteiger partial charge in [-0.3, -0.25) is 4.79 Å². The first-order valence-electron chi connectivity index (χ1n) is 7.60. The zero-order valence-electron chi connectivity index (χ0n) is 13.7. The lowest BCUT2D eigenvalue weighted by Gasteiger charge is -2.18. The maximum absolute atomic E-state index is 13.1. The molecule has 0 bridgehead atoms. The van der Waals surface area contributed by atoms with Gasteiger partial charge in [-0.1, -0.05) is 23.7 Å². The zero-order chi connectivity index (χ0) is 19.3. The number of benzene rings is 2. The number of nitrogens with one attached hydrogen (secondary N) is 2. The first kappa shape index (κ1) is 19.6. The van der Waals surface area contributed by atoms with E-state index in [9.17, 15) is 18.0 Å². The van der Waals surface area contributed by atoms with Crippen LogP contribution >= 0.6 is 11.6 Å². The van der Waals surface area contributed by atoms with Crippen molar-refractivity contribution in [3.05, 3.63) is 58.6 Å². The zero-order valence-corrected chi connectivity index (χ0v) is 14.4. The number of halogens is 4. The maximum Gasteiger partial charge on any atom is 0.418 e. The number of carbonyl (C=O) groups is 1. The fraction of sp³-hybridized carbons (Fsp3) is 0.222. The van der Waals surface area contributed by atoms with Crippen LogP contribution in [0.2, 0.25) is 5.02 Å². The molecular weight excluding hydrogens is 367 g/mol. The van der Waals surface area contributed by atoms with Crippen LogP contribution in [-0.4, -0.2) is 11.9 Å². The van der Waals surface area contributed by atoms with Crippen molar-refractivity contribution in [1.82, 2.24) is 0 Å². The van der Waals surface area contributed by atoms with Crippen LogP contribution in [-0.2, 0) is 17.4 Å². The minimum atomic E-state index is -4.64. The van der Waals surface area contributed by atoms with Crippen LogP contribution in [0.25, 0.3) is 0 Å². The third-order valence-electron chi connectivity index (χ3n) is 3.56. The van der Waals surface area contributed by atoms with Gasteiger partial charge < -0.3 is 10.6 Å². The van der Waals surface area contributed by atoms with Crippen LogP contribution < -0.4 is 10.6 Å². The van der Waals surface area contributed by atoms with Gasteiger partial charge in [0.15, 0.2) is 0 Å². The average molecular weight is 382 g/mol. The van der Waals surface area contributed by atoms with Gasteiger partial charge in [0.1, 0.15) is 6.04 Å². The number of nitrogens with zero attached hydrogens (tertiary/aromatic N) is 1. The molecule has 2 N–H and O–H groups in total. The van der Waals surface area contributed by atoms with Gasteiger partial charge in [0.05, 0.1) is 23.7 Å². The van der Waals surface area contributed by atoms with Gasteiger partial charge in [0.2, 0.25) is 5.91 Å². The summed E-state index contributed by atoms with van der Waals surface area (Å²) in [6.45, 7) is 1.53. The lowest BCUT2D eigenvalue weighted by Crippen LogP contribution is -2.32. The van der Waals surface area contributed by atoms with Crippen molar-refractivity contribution in [2.45, 2.75) is 25.6 Å². The molecule has 26 heavy (non-hydrogen) atoms. The summed E-state index contributed by atoms with van der Waals surface area (Å²) < 4.78 is 39.2. The van der Waals surface area contributed by atoms with Gasteiger partial charge >= 0.3 is 6.18 Å². The summed E-state index contributed by atoms with van der Waals surface area (Å²) in [4.78, 5) is 12.2. The van der Waals surface area contributed by atoms with E-state index in [0.717, 1.165) is 17.7 Å². The molecule has 1 amide bonds. The molecule has 136 valence electrons. The largest absolute Gasteiger partial charge is 0.418 e. The van der Waals surface area contributed by atoms with E-state index in [4.69, 9.17) is 16.9 Å². The van der Waals surface area contributed by atoms with Gasteiger partial charge in [-0.2, -0.15) is 18.4 Å². The number of rotatable bonds is 5. The minimum absolute atomic E-state index is 0.0704. The van der Waals surface area contributed by atoms with E-state index in [-0.39, 0.29) is 17.1 Å². The Morgan fingerprint density at radius 3 is 2.46 bits per heavy atom. The molecule has 0 radical (unpaired) electrons. The normalized spacial score (nSPS) is 12.2. The molecule has 2 rings (SSSR count). The van der Waals surface area contributed by atoms with Gasteiger partial charge in [0.25, 0.3) is 0 Å². The molecule has 0 saturated heterocycles. The van der Waals surface area contributed by atoms with Crippen LogP contribution in [0.15, 0.2) is 42.5 Å². The van der Waals surface area contributed by atoms with Crippen molar-refractivity contribution < 1.29 is 18.0 Å². The second-order valence-corrected chi connectivity index (χ2v) is 6.01. The molecule has 0 aromatic heterocycles. The number of nitriles is 1. The molecule has 0 aliphatic rings.